The summed E-state index contributed by atoms with van der Waals surface area (Å²) in [5.74, 6) is 1.04. The summed E-state index contributed by atoms with van der Waals surface area (Å²) in [7, 11) is 0. The summed E-state index contributed by atoms with van der Waals surface area (Å²) in [6.45, 7) is 0.184. The molecule has 0 saturated carbocycles. The highest BCUT2D eigenvalue weighted by molar-refractivity contribution is 8.26. The second-order valence-electron chi connectivity index (χ2n) is 7.17. The number of thiocarbonyl (C=S) groups is 1. The number of nitrogens with zero attached hydrogens (tertiary/aromatic N) is 1. The lowest BCUT2D eigenvalue weighted by Gasteiger charge is -2.14. The van der Waals surface area contributed by atoms with Crippen LogP contribution < -0.4 is 10.1 Å². The number of nitrogens with one attached hydrogen (secondary N) is 1. The van der Waals surface area contributed by atoms with Crippen LogP contribution in [0.2, 0.25) is 0 Å². The summed E-state index contributed by atoms with van der Waals surface area (Å²) in [6, 6.07) is 23.1. The fraction of sp³-hybridized carbons (Fsp3) is 0.0800. The molecule has 0 radical (unpaired) electrons. The molecule has 3 aromatic carbocycles. The number of anilines is 1. The number of carbonyl (C=O) groups is 2. The van der Waals surface area contributed by atoms with E-state index < -0.39 is 0 Å². The predicted octanol–water partition coefficient (Wildman–Crippen LogP) is 5.41. The zero-order valence-corrected chi connectivity index (χ0v) is 19.1. The number of benzene rings is 3. The van der Waals surface area contributed by atoms with Gasteiger partial charge in [0.25, 0.3) is 5.91 Å². The molecule has 166 valence electrons. The zero-order chi connectivity index (χ0) is 23.2. The van der Waals surface area contributed by atoms with Crippen LogP contribution >= 0.6 is 24.0 Å². The van der Waals surface area contributed by atoms with Crippen molar-refractivity contribution >= 4 is 51.9 Å². The maximum Gasteiger partial charge on any atom is 0.266 e. The van der Waals surface area contributed by atoms with Crippen molar-refractivity contribution < 1.29 is 19.4 Å². The Morgan fingerprint density at radius 2 is 1.76 bits per heavy atom. The summed E-state index contributed by atoms with van der Waals surface area (Å²) >= 11 is 6.57. The molecule has 1 fully saturated rings. The van der Waals surface area contributed by atoms with Gasteiger partial charge in [-0.05, 0) is 60.2 Å². The number of hydrogen-bond donors (Lipinski definition) is 2. The van der Waals surface area contributed by atoms with Gasteiger partial charge >= 0.3 is 0 Å². The third kappa shape index (κ3) is 6.00. The fourth-order valence-electron chi connectivity index (χ4n) is 3.12. The van der Waals surface area contributed by atoms with Crippen molar-refractivity contribution in [2.24, 2.45) is 0 Å². The number of ether oxygens (including phenoxy) is 1. The van der Waals surface area contributed by atoms with Crippen LogP contribution in [0.15, 0.2) is 83.8 Å². The Morgan fingerprint density at radius 1 is 1.03 bits per heavy atom. The molecule has 0 spiro atoms. The van der Waals surface area contributed by atoms with Gasteiger partial charge in [-0.15, -0.1) is 0 Å². The maximum atomic E-state index is 12.9. The lowest BCUT2D eigenvalue weighted by Crippen LogP contribution is -2.31. The first-order chi connectivity index (χ1) is 16.0. The van der Waals surface area contributed by atoms with Crippen LogP contribution in [-0.2, 0) is 9.59 Å². The molecule has 0 atom stereocenters. The van der Waals surface area contributed by atoms with Crippen LogP contribution in [-0.4, -0.2) is 32.7 Å². The molecule has 0 aromatic heterocycles. The van der Waals surface area contributed by atoms with Crippen LogP contribution in [0, 0.1) is 0 Å². The number of hydrogen-bond acceptors (Lipinski definition) is 6. The normalized spacial score (nSPS) is 14.5. The van der Waals surface area contributed by atoms with Gasteiger partial charge in [-0.1, -0.05) is 54.3 Å². The number of para-hydroxylation sites is 1. The summed E-state index contributed by atoms with van der Waals surface area (Å²) in [4.78, 5) is 27.0. The van der Waals surface area contributed by atoms with Gasteiger partial charge in [0, 0.05) is 18.7 Å². The van der Waals surface area contributed by atoms with Crippen LogP contribution in [0.25, 0.3) is 6.08 Å². The number of phenols is 1. The number of rotatable bonds is 7. The highest BCUT2D eigenvalue weighted by Gasteiger charge is 2.32. The molecule has 33 heavy (non-hydrogen) atoms. The fourth-order valence-corrected chi connectivity index (χ4v) is 4.43. The van der Waals surface area contributed by atoms with E-state index in [1.807, 2.05) is 54.6 Å². The van der Waals surface area contributed by atoms with Crippen LogP contribution in [0.5, 0.6) is 17.2 Å². The molecule has 4 rings (SSSR count). The van der Waals surface area contributed by atoms with E-state index in [9.17, 15) is 14.7 Å². The Morgan fingerprint density at radius 3 is 2.52 bits per heavy atom. The number of amides is 2. The molecular weight excluding hydrogens is 456 g/mol. The Labute approximate surface area is 200 Å². The number of phenolic OH excluding ortho intramolecular Hbond substituents is 1. The Balaban J connectivity index is 1.38. The largest absolute Gasteiger partial charge is 0.508 e. The highest BCUT2D eigenvalue weighted by Crippen LogP contribution is 2.33. The average Bonchev–Trinajstić information content (AvgIpc) is 3.07. The van der Waals surface area contributed by atoms with E-state index >= 15 is 0 Å². The van der Waals surface area contributed by atoms with Gasteiger partial charge in [0.05, 0.1) is 4.91 Å². The SMILES string of the molecule is O=C(CCN1C(=O)/C(=C/c2cccc(Oc3ccccc3)c2)SC1=S)Nc1ccc(O)cc1. The highest BCUT2D eigenvalue weighted by atomic mass is 32.2. The Hall–Kier alpha value is -3.62. The van der Waals surface area contributed by atoms with Gasteiger partial charge in [-0.3, -0.25) is 14.5 Å². The monoisotopic (exact) mass is 476 g/mol. The molecule has 2 N–H and O–H groups in total. The molecular formula is C25H20N2O4S2. The van der Waals surface area contributed by atoms with Crippen molar-refractivity contribution in [3.63, 3.8) is 0 Å². The van der Waals surface area contributed by atoms with Gasteiger partial charge in [0.1, 0.15) is 21.6 Å². The third-order valence-electron chi connectivity index (χ3n) is 4.72. The molecule has 0 unspecified atom stereocenters. The van der Waals surface area contributed by atoms with Crippen molar-refractivity contribution in [2.45, 2.75) is 6.42 Å². The van der Waals surface area contributed by atoms with E-state index in [1.54, 1.807) is 18.2 Å². The lowest BCUT2D eigenvalue weighted by atomic mass is 10.2. The minimum atomic E-state index is -0.246. The molecule has 1 aliphatic rings. The molecule has 0 aliphatic carbocycles. The van der Waals surface area contributed by atoms with E-state index in [2.05, 4.69) is 5.32 Å². The van der Waals surface area contributed by atoms with Crippen molar-refractivity contribution in [3.05, 3.63) is 89.3 Å². The first-order valence-electron chi connectivity index (χ1n) is 10.2. The molecule has 6 nitrogen and oxygen atoms in total. The van der Waals surface area contributed by atoms with E-state index in [4.69, 9.17) is 17.0 Å². The van der Waals surface area contributed by atoms with Crippen LogP contribution in [0.4, 0.5) is 5.69 Å². The molecule has 1 aliphatic heterocycles. The first-order valence-corrected chi connectivity index (χ1v) is 11.4. The maximum absolute atomic E-state index is 12.9. The quantitative estimate of drug-likeness (QED) is 0.270. The number of aromatic hydroxyl groups is 1. The van der Waals surface area contributed by atoms with Crippen molar-refractivity contribution in [1.29, 1.82) is 0 Å². The Kier molecular flexibility index (Phi) is 7.07. The van der Waals surface area contributed by atoms with E-state index in [0.29, 0.717) is 20.7 Å². The van der Waals surface area contributed by atoms with Gasteiger partial charge in [0.2, 0.25) is 5.91 Å². The molecule has 1 saturated heterocycles. The van der Waals surface area contributed by atoms with Crippen molar-refractivity contribution in [1.82, 2.24) is 4.90 Å². The average molecular weight is 477 g/mol. The van der Waals surface area contributed by atoms with E-state index in [-0.39, 0.29) is 30.5 Å². The van der Waals surface area contributed by atoms with Crippen molar-refractivity contribution in [2.75, 3.05) is 11.9 Å². The van der Waals surface area contributed by atoms with Crippen molar-refractivity contribution in [3.8, 4) is 17.2 Å². The number of thioether (sulfide) groups is 1. The van der Waals surface area contributed by atoms with E-state index in [0.717, 1.165) is 11.3 Å². The van der Waals surface area contributed by atoms with Gasteiger partial charge in [-0.2, -0.15) is 0 Å². The summed E-state index contributed by atoms with van der Waals surface area (Å²) in [6.07, 6.45) is 1.87. The van der Waals surface area contributed by atoms with Crippen LogP contribution in [0.1, 0.15) is 12.0 Å². The predicted molar refractivity (Wildman–Crippen MR) is 134 cm³/mol. The summed E-state index contributed by atoms with van der Waals surface area (Å²) in [5, 5.41) is 12.1. The standard InChI is InChI=1S/C25H20N2O4S2/c28-19-11-9-18(10-12-19)26-23(29)13-14-27-24(30)22(33-25(27)32)16-17-5-4-8-21(15-17)31-20-6-2-1-3-7-20/h1-12,15-16,28H,13-14H2,(H,26,29)/b22-16-. The molecule has 0 bridgehead atoms. The van der Waals surface area contributed by atoms with Gasteiger partial charge in [0.15, 0.2) is 0 Å². The van der Waals surface area contributed by atoms with Gasteiger partial charge < -0.3 is 15.2 Å². The van der Waals surface area contributed by atoms with E-state index in [1.165, 1.54) is 28.8 Å². The molecule has 3 aromatic rings. The van der Waals surface area contributed by atoms with Crippen LogP contribution in [0.3, 0.4) is 0 Å². The minimum Gasteiger partial charge on any atom is -0.508 e. The van der Waals surface area contributed by atoms with Gasteiger partial charge in [-0.25, -0.2) is 0 Å². The number of carbonyl (C=O) groups excluding carboxylic acids is 2. The molecule has 2 amide bonds. The topological polar surface area (TPSA) is 78.9 Å². The third-order valence-corrected chi connectivity index (χ3v) is 6.10. The molecule has 8 heteroatoms. The second kappa shape index (κ2) is 10.3. The molecule has 1 heterocycles. The first kappa shape index (κ1) is 22.6. The Bertz CT molecular complexity index is 1210. The summed E-state index contributed by atoms with van der Waals surface area (Å²) < 4.78 is 6.27. The minimum absolute atomic E-state index is 0.0982. The second-order valence-corrected chi connectivity index (χ2v) is 8.84. The summed E-state index contributed by atoms with van der Waals surface area (Å²) in [5.41, 5.74) is 1.38. The lowest BCUT2D eigenvalue weighted by molar-refractivity contribution is -0.122. The zero-order valence-electron chi connectivity index (χ0n) is 17.4. The smallest absolute Gasteiger partial charge is 0.266 e.